The number of hydrogen-bond acceptors (Lipinski definition) is 4. The molecular weight excluding hydrogens is 949 g/mol. The van der Waals surface area contributed by atoms with Gasteiger partial charge in [0.15, 0.2) is 5.78 Å². The van der Waals surface area contributed by atoms with Gasteiger partial charge in [0.1, 0.15) is 0 Å². The topological polar surface area (TPSA) is 63.1 Å². The van der Waals surface area contributed by atoms with Crippen LogP contribution in [0.15, 0.2) is 97.0 Å². The molecule has 2 aromatic heterocycles. The first-order valence-corrected chi connectivity index (χ1v) is 23.3. The summed E-state index contributed by atoms with van der Waals surface area (Å²) in [5.74, 6) is 3.61. The van der Waals surface area contributed by atoms with Gasteiger partial charge in [0.05, 0.1) is 7.13 Å². The van der Waals surface area contributed by atoms with Crippen LogP contribution in [0.25, 0.3) is 44.1 Å². The SMILES string of the molecule is CCC(CC)/C(O)=C/C(=O)C(C)(CC)CC.Cc1[c-]c(-c2nccc3cc(C4CC5CCC4C5)ccc23)cc(C)c1.[2H]c1cc2cc(C(C)C)ccc2c(-c2[c-]c(C)cc(C)c2)n1.[Ir]. The number of carbonyl (C=O) groups is 1. The molecule has 335 valence electrons. The molecule has 4 nitrogen and oxygen atoms in total. The molecule has 0 spiro atoms. The van der Waals surface area contributed by atoms with Gasteiger partial charge >= 0.3 is 0 Å². The number of aliphatic hydroxyl groups is 1. The van der Waals surface area contributed by atoms with E-state index in [4.69, 9.17) is 6.35 Å². The Hall–Kier alpha value is -4.44. The van der Waals surface area contributed by atoms with Gasteiger partial charge in [-0.1, -0.05) is 119 Å². The molecule has 5 heteroatoms. The van der Waals surface area contributed by atoms with Gasteiger partial charge in [0, 0.05) is 49.9 Å². The number of aliphatic hydroxyl groups excluding tert-OH is 1. The van der Waals surface area contributed by atoms with E-state index >= 15 is 0 Å². The van der Waals surface area contributed by atoms with Crippen LogP contribution in [0, 0.1) is 63.0 Å². The van der Waals surface area contributed by atoms with E-state index in [1.165, 1.54) is 64.8 Å². The number of aryl methyl sites for hydroxylation is 4. The molecular formula is C58H70IrN2O2-2. The summed E-state index contributed by atoms with van der Waals surface area (Å²) in [6.07, 6.45) is 12.8. The summed E-state index contributed by atoms with van der Waals surface area (Å²) in [7, 11) is 0. The molecule has 6 aromatic rings. The van der Waals surface area contributed by atoms with Crippen molar-refractivity contribution in [3.05, 3.63) is 143 Å². The van der Waals surface area contributed by atoms with Gasteiger partial charge in [-0.05, 0) is 125 Å². The quantitative estimate of drug-likeness (QED) is 0.0798. The molecule has 2 saturated carbocycles. The number of carbonyl (C=O) groups excluding carboxylic acids is 1. The average Bonchev–Trinajstić information content (AvgIpc) is 3.90. The van der Waals surface area contributed by atoms with Gasteiger partial charge in [0.2, 0.25) is 0 Å². The number of fused-ring (bicyclic) bond motifs is 4. The van der Waals surface area contributed by atoms with Crippen molar-refractivity contribution in [2.75, 3.05) is 0 Å². The Bertz CT molecular complexity index is 2550. The first-order valence-electron chi connectivity index (χ1n) is 23.8. The molecule has 2 heterocycles. The Labute approximate surface area is 394 Å². The number of hydrogen-bond donors (Lipinski definition) is 1. The molecule has 3 atom stereocenters. The Morgan fingerprint density at radius 1 is 0.794 bits per heavy atom. The number of allylic oxidation sites excluding steroid dienone is 2. The van der Waals surface area contributed by atoms with E-state index in [0.29, 0.717) is 12.1 Å². The van der Waals surface area contributed by atoms with Gasteiger partial charge in [-0.15, -0.1) is 69.8 Å². The van der Waals surface area contributed by atoms with E-state index in [1.807, 2.05) is 53.8 Å². The zero-order chi connectivity index (χ0) is 45.6. The van der Waals surface area contributed by atoms with Gasteiger partial charge in [-0.3, -0.25) is 4.79 Å². The molecule has 0 amide bonds. The van der Waals surface area contributed by atoms with Crippen LogP contribution >= 0.6 is 0 Å². The minimum absolute atomic E-state index is 0. The van der Waals surface area contributed by atoms with Crippen LogP contribution in [0.3, 0.4) is 0 Å². The number of aromatic nitrogens is 2. The third-order valence-corrected chi connectivity index (χ3v) is 14.0. The van der Waals surface area contributed by atoms with E-state index < -0.39 is 0 Å². The standard InChI is InChI=1S/C24H24N.C20H20N.C14H26O2.Ir/c1-15-9-16(2)11-21(10-15)24-22-6-5-19(14-20(22)7-8-25-24)23-13-17-3-4-18(23)12-17;1-13(2)16-5-6-19-17(12-16)7-8-21-20(19)18-10-14(3)9-15(4)11-18;1-6-11(7-2)12(15)10-13(16)14(5,8-3)9-4;/h5-10,14,17-18,23H,3-4,12-13H2,1-2H3;5-10,12-13H,1-4H3;10-11,15H,6-9H2,1-5H3;/q2*-1;;/b;;12-10-;/i;8D;;. The van der Waals surface area contributed by atoms with Crippen molar-refractivity contribution >= 4 is 27.3 Å². The van der Waals surface area contributed by atoms with Gasteiger partial charge in [-0.2, -0.15) is 0 Å². The molecule has 0 aliphatic heterocycles. The molecule has 2 aliphatic rings. The van der Waals surface area contributed by atoms with Crippen LogP contribution in [0.2, 0.25) is 0 Å². The van der Waals surface area contributed by atoms with E-state index in [0.717, 1.165) is 82.3 Å². The number of rotatable bonds is 11. The number of benzene rings is 4. The van der Waals surface area contributed by atoms with Crippen LogP contribution in [0.4, 0.5) is 0 Å². The van der Waals surface area contributed by atoms with Crippen molar-refractivity contribution in [1.29, 1.82) is 0 Å². The van der Waals surface area contributed by atoms with E-state index in [1.54, 1.807) is 5.56 Å². The second kappa shape index (κ2) is 22.0. The maximum absolute atomic E-state index is 12.0. The van der Waals surface area contributed by atoms with Crippen LogP contribution in [0.1, 0.15) is 146 Å². The Morgan fingerprint density at radius 3 is 1.90 bits per heavy atom. The van der Waals surface area contributed by atoms with Crippen molar-refractivity contribution in [1.82, 2.24) is 9.97 Å². The fourth-order valence-corrected chi connectivity index (χ4v) is 9.78. The summed E-state index contributed by atoms with van der Waals surface area (Å²) in [5.41, 5.74) is 11.2. The Morgan fingerprint density at radius 2 is 1.38 bits per heavy atom. The summed E-state index contributed by atoms with van der Waals surface area (Å²) in [5, 5.41) is 14.6. The van der Waals surface area contributed by atoms with Crippen LogP contribution in [-0.2, 0) is 24.9 Å². The Balaban J connectivity index is 0.000000184. The molecule has 2 bridgehead atoms. The van der Waals surface area contributed by atoms with Crippen LogP contribution in [0.5, 0.6) is 0 Å². The molecule has 2 aliphatic carbocycles. The molecule has 3 unspecified atom stereocenters. The summed E-state index contributed by atoms with van der Waals surface area (Å²) < 4.78 is 8.03. The molecule has 2 fully saturated rings. The summed E-state index contributed by atoms with van der Waals surface area (Å²) in [6.45, 7) is 22.8. The van der Waals surface area contributed by atoms with Gasteiger partial charge in [-0.25, -0.2) is 0 Å². The first-order chi connectivity index (χ1) is 30.1. The smallest absolute Gasteiger partial charge is 0.164 e. The maximum atomic E-state index is 12.0. The van der Waals surface area contributed by atoms with E-state index in [-0.39, 0.29) is 43.0 Å². The summed E-state index contributed by atoms with van der Waals surface area (Å²) in [4.78, 5) is 21.2. The zero-order valence-corrected chi connectivity index (χ0v) is 42.1. The minimum Gasteiger partial charge on any atom is -0.512 e. The molecule has 1 radical (unpaired) electrons. The minimum atomic E-state index is -0.319. The summed E-state index contributed by atoms with van der Waals surface area (Å²) in [6, 6.07) is 33.0. The molecule has 1 N–H and O–H groups in total. The number of pyridine rings is 2. The van der Waals surface area contributed by atoms with Crippen molar-refractivity contribution in [2.45, 2.75) is 139 Å². The number of nitrogens with zero attached hydrogens (tertiary/aromatic N) is 2. The first kappa shape index (κ1) is 48.0. The molecule has 0 saturated heterocycles. The zero-order valence-electron chi connectivity index (χ0n) is 40.7. The molecule has 4 aromatic carbocycles. The molecule has 63 heavy (non-hydrogen) atoms. The largest absolute Gasteiger partial charge is 0.512 e. The van der Waals surface area contributed by atoms with E-state index in [2.05, 4.69) is 118 Å². The van der Waals surface area contributed by atoms with Crippen LogP contribution in [-0.4, -0.2) is 20.9 Å². The Kier molecular flexibility index (Phi) is 16.7. The average molecular weight is 1020 g/mol. The molecule has 8 rings (SSSR count). The van der Waals surface area contributed by atoms with Gasteiger partial charge in [0.25, 0.3) is 0 Å². The monoisotopic (exact) mass is 1020 g/mol. The van der Waals surface area contributed by atoms with Crippen molar-refractivity contribution in [3.8, 4) is 22.5 Å². The van der Waals surface area contributed by atoms with Crippen molar-refractivity contribution in [2.24, 2.45) is 23.2 Å². The second-order valence-electron chi connectivity index (χ2n) is 18.9. The van der Waals surface area contributed by atoms with Crippen molar-refractivity contribution < 1.29 is 31.4 Å². The third-order valence-electron chi connectivity index (χ3n) is 14.0. The van der Waals surface area contributed by atoms with Crippen molar-refractivity contribution in [3.63, 3.8) is 0 Å². The fourth-order valence-electron chi connectivity index (χ4n) is 9.78. The van der Waals surface area contributed by atoms with E-state index in [9.17, 15) is 9.90 Å². The second-order valence-corrected chi connectivity index (χ2v) is 18.9. The normalized spacial score (nSPS) is 17.3. The fraction of sp³-hybridized carbons (Fsp3) is 0.431. The predicted molar refractivity (Wildman–Crippen MR) is 262 cm³/mol. The summed E-state index contributed by atoms with van der Waals surface area (Å²) >= 11 is 0. The van der Waals surface area contributed by atoms with Crippen LogP contribution < -0.4 is 0 Å². The third kappa shape index (κ3) is 11.8. The number of ketones is 1. The predicted octanol–water partition coefficient (Wildman–Crippen LogP) is 15.9. The maximum Gasteiger partial charge on any atom is 0.164 e. The van der Waals surface area contributed by atoms with Gasteiger partial charge < -0.3 is 15.1 Å².